The minimum Gasteiger partial charge on any atom is -0.334 e. The molecule has 0 bridgehead atoms. The van der Waals surface area contributed by atoms with Crippen LogP contribution >= 0.6 is 0 Å². The molecule has 6 heteroatoms. The Labute approximate surface area is 93.4 Å². The third-order valence-corrected chi connectivity index (χ3v) is 2.68. The van der Waals surface area contributed by atoms with Crippen LogP contribution < -0.4 is 5.73 Å². The van der Waals surface area contributed by atoms with Crippen molar-refractivity contribution in [3.63, 3.8) is 0 Å². The maximum absolute atomic E-state index is 5.82. The molecule has 0 aliphatic heterocycles. The second kappa shape index (κ2) is 4.05. The molecule has 0 aliphatic carbocycles. The molecule has 2 aromatic heterocycles. The van der Waals surface area contributed by atoms with Gasteiger partial charge in [-0.25, -0.2) is 0 Å². The van der Waals surface area contributed by atoms with Crippen molar-refractivity contribution in [2.75, 3.05) is 0 Å². The number of hydrogen-bond acceptors (Lipinski definition) is 5. The average molecular weight is 221 g/mol. The van der Waals surface area contributed by atoms with Crippen LogP contribution in [0.15, 0.2) is 10.7 Å². The van der Waals surface area contributed by atoms with E-state index in [2.05, 4.69) is 15.2 Å². The van der Waals surface area contributed by atoms with Crippen LogP contribution in [0.4, 0.5) is 0 Å². The van der Waals surface area contributed by atoms with Gasteiger partial charge in [0.25, 0.3) is 5.89 Å². The molecule has 1 unspecified atom stereocenters. The zero-order valence-electron chi connectivity index (χ0n) is 9.64. The zero-order valence-corrected chi connectivity index (χ0v) is 9.64. The van der Waals surface area contributed by atoms with Gasteiger partial charge in [0.05, 0.1) is 17.8 Å². The summed E-state index contributed by atoms with van der Waals surface area (Å²) >= 11 is 0. The normalized spacial score (nSPS) is 13.0. The fourth-order valence-corrected chi connectivity index (χ4v) is 1.39. The van der Waals surface area contributed by atoms with Gasteiger partial charge in [0, 0.05) is 12.7 Å². The van der Waals surface area contributed by atoms with Gasteiger partial charge < -0.3 is 10.3 Å². The summed E-state index contributed by atoms with van der Waals surface area (Å²) in [4.78, 5) is 4.27. The van der Waals surface area contributed by atoms with E-state index in [-0.39, 0.29) is 6.04 Å². The van der Waals surface area contributed by atoms with Gasteiger partial charge in [0.1, 0.15) is 0 Å². The summed E-state index contributed by atoms with van der Waals surface area (Å²) in [6.07, 6.45) is 2.50. The largest absolute Gasteiger partial charge is 0.334 e. The molecule has 0 aliphatic rings. The molecule has 0 spiro atoms. The Kier molecular flexibility index (Phi) is 2.74. The van der Waals surface area contributed by atoms with Crippen LogP contribution in [0.3, 0.4) is 0 Å². The van der Waals surface area contributed by atoms with Crippen LogP contribution in [0, 0.1) is 6.92 Å². The molecule has 16 heavy (non-hydrogen) atoms. The number of aryl methyl sites for hydroxylation is 1. The molecule has 2 aromatic rings. The number of aromatic nitrogens is 4. The maximum Gasteiger partial charge on any atom is 0.261 e. The lowest BCUT2D eigenvalue weighted by Crippen LogP contribution is -2.10. The zero-order chi connectivity index (χ0) is 11.7. The van der Waals surface area contributed by atoms with Crippen molar-refractivity contribution in [2.24, 2.45) is 12.8 Å². The van der Waals surface area contributed by atoms with Crippen molar-refractivity contribution in [1.29, 1.82) is 0 Å². The summed E-state index contributed by atoms with van der Waals surface area (Å²) < 4.78 is 6.94. The van der Waals surface area contributed by atoms with Crippen molar-refractivity contribution in [1.82, 2.24) is 19.9 Å². The highest BCUT2D eigenvalue weighted by Gasteiger charge is 2.16. The Morgan fingerprint density at radius 3 is 2.88 bits per heavy atom. The van der Waals surface area contributed by atoms with Gasteiger partial charge in [0.2, 0.25) is 0 Å². The number of hydrogen-bond donors (Lipinski definition) is 1. The lowest BCUT2D eigenvalue weighted by molar-refractivity contribution is 0.415. The number of rotatable bonds is 3. The Balaban J connectivity index is 2.35. The lowest BCUT2D eigenvalue weighted by Gasteiger charge is -1.99. The summed E-state index contributed by atoms with van der Waals surface area (Å²) in [6.45, 7) is 3.93. The second-order valence-electron chi connectivity index (χ2n) is 3.74. The SMILES string of the molecule is CCC(N)c1noc(-c2cnn(C)c2C)n1. The van der Waals surface area contributed by atoms with E-state index in [0.29, 0.717) is 11.7 Å². The quantitative estimate of drug-likeness (QED) is 0.841. The van der Waals surface area contributed by atoms with Gasteiger partial charge in [-0.2, -0.15) is 10.1 Å². The highest BCUT2D eigenvalue weighted by atomic mass is 16.5. The first kappa shape index (κ1) is 10.8. The van der Waals surface area contributed by atoms with E-state index in [4.69, 9.17) is 10.3 Å². The molecular weight excluding hydrogens is 206 g/mol. The molecule has 1 atom stereocenters. The van der Waals surface area contributed by atoms with E-state index >= 15 is 0 Å². The smallest absolute Gasteiger partial charge is 0.261 e. The first-order valence-corrected chi connectivity index (χ1v) is 5.21. The van der Waals surface area contributed by atoms with Crippen LogP contribution in [-0.4, -0.2) is 19.9 Å². The summed E-state index contributed by atoms with van der Waals surface area (Å²) in [6, 6.07) is -0.172. The third kappa shape index (κ3) is 1.71. The first-order valence-electron chi connectivity index (χ1n) is 5.21. The first-order chi connectivity index (χ1) is 7.63. The summed E-state index contributed by atoms with van der Waals surface area (Å²) in [5.41, 5.74) is 7.66. The molecular formula is C10H15N5O. The predicted molar refractivity (Wildman–Crippen MR) is 58.5 cm³/mol. The molecule has 0 aromatic carbocycles. The van der Waals surface area contributed by atoms with Crippen molar-refractivity contribution < 1.29 is 4.52 Å². The molecule has 0 fully saturated rings. The standard InChI is InChI=1S/C10H15N5O/c1-4-8(11)9-13-10(16-14-9)7-5-12-15(3)6(7)2/h5,8H,4,11H2,1-3H3. The molecule has 0 saturated carbocycles. The molecule has 0 radical (unpaired) electrons. The van der Waals surface area contributed by atoms with Crippen LogP contribution in [0.1, 0.15) is 30.9 Å². The van der Waals surface area contributed by atoms with Gasteiger partial charge in [-0.1, -0.05) is 12.1 Å². The van der Waals surface area contributed by atoms with Crippen molar-refractivity contribution >= 4 is 0 Å². The molecule has 0 saturated heterocycles. The molecule has 2 rings (SSSR count). The molecule has 86 valence electrons. The molecule has 2 N–H and O–H groups in total. The fraction of sp³-hybridized carbons (Fsp3) is 0.500. The summed E-state index contributed by atoms with van der Waals surface area (Å²) in [7, 11) is 1.87. The predicted octanol–water partition coefficient (Wildman–Crippen LogP) is 1.19. The van der Waals surface area contributed by atoms with Crippen LogP contribution in [0.5, 0.6) is 0 Å². The van der Waals surface area contributed by atoms with E-state index < -0.39 is 0 Å². The monoisotopic (exact) mass is 221 g/mol. The highest BCUT2D eigenvalue weighted by Crippen LogP contribution is 2.22. The van der Waals surface area contributed by atoms with Crippen molar-refractivity contribution in [3.05, 3.63) is 17.7 Å². The second-order valence-corrected chi connectivity index (χ2v) is 3.74. The topological polar surface area (TPSA) is 82.8 Å². The Bertz CT molecular complexity index is 487. The van der Waals surface area contributed by atoms with Crippen LogP contribution in [0.2, 0.25) is 0 Å². The van der Waals surface area contributed by atoms with Crippen LogP contribution in [0.25, 0.3) is 11.5 Å². The lowest BCUT2D eigenvalue weighted by atomic mass is 10.2. The number of nitrogens with two attached hydrogens (primary N) is 1. The van der Waals surface area contributed by atoms with Gasteiger partial charge >= 0.3 is 0 Å². The van der Waals surface area contributed by atoms with Gasteiger partial charge in [0.15, 0.2) is 5.82 Å². The van der Waals surface area contributed by atoms with Crippen molar-refractivity contribution in [2.45, 2.75) is 26.3 Å². The van der Waals surface area contributed by atoms with Crippen LogP contribution in [-0.2, 0) is 7.05 Å². The maximum atomic E-state index is 5.82. The third-order valence-electron chi connectivity index (χ3n) is 2.68. The van der Waals surface area contributed by atoms with E-state index in [0.717, 1.165) is 17.7 Å². The van der Waals surface area contributed by atoms with E-state index in [9.17, 15) is 0 Å². The minimum absolute atomic E-state index is 0.172. The van der Waals surface area contributed by atoms with E-state index in [1.54, 1.807) is 10.9 Å². The Morgan fingerprint density at radius 2 is 2.31 bits per heavy atom. The Hall–Kier alpha value is -1.69. The fourth-order valence-electron chi connectivity index (χ4n) is 1.39. The molecule has 2 heterocycles. The molecule has 0 amide bonds. The highest BCUT2D eigenvalue weighted by molar-refractivity contribution is 5.54. The van der Waals surface area contributed by atoms with E-state index in [1.807, 2.05) is 20.9 Å². The summed E-state index contributed by atoms with van der Waals surface area (Å²) in [5.74, 6) is 1.02. The van der Waals surface area contributed by atoms with E-state index in [1.165, 1.54) is 0 Å². The van der Waals surface area contributed by atoms with Crippen molar-refractivity contribution in [3.8, 4) is 11.5 Å². The molecule has 6 nitrogen and oxygen atoms in total. The minimum atomic E-state index is -0.172. The number of nitrogens with zero attached hydrogens (tertiary/aromatic N) is 4. The summed E-state index contributed by atoms with van der Waals surface area (Å²) in [5, 5.41) is 7.99. The van der Waals surface area contributed by atoms with Gasteiger partial charge in [-0.15, -0.1) is 0 Å². The Morgan fingerprint density at radius 1 is 1.56 bits per heavy atom. The van der Waals surface area contributed by atoms with Gasteiger partial charge in [-0.3, -0.25) is 4.68 Å². The van der Waals surface area contributed by atoms with Gasteiger partial charge in [-0.05, 0) is 13.3 Å². The average Bonchev–Trinajstić information content (AvgIpc) is 2.87.